The summed E-state index contributed by atoms with van der Waals surface area (Å²) in [4.78, 5) is 14.7. The molecule has 0 saturated carbocycles. The van der Waals surface area contributed by atoms with E-state index in [-0.39, 0.29) is 22.6 Å². The molecule has 2 fully saturated rings. The van der Waals surface area contributed by atoms with Gasteiger partial charge >= 0.3 is 0 Å². The van der Waals surface area contributed by atoms with Crippen molar-refractivity contribution in [3.63, 3.8) is 0 Å². The van der Waals surface area contributed by atoms with Gasteiger partial charge in [-0.15, -0.1) is 0 Å². The van der Waals surface area contributed by atoms with Gasteiger partial charge in [0.1, 0.15) is 10.6 Å². The second-order valence-corrected chi connectivity index (χ2v) is 8.78. The third-order valence-corrected chi connectivity index (χ3v) is 7.19. The molecular formula is C18H27N3O4S. The molecule has 0 aliphatic carbocycles. The molecule has 1 N–H and O–H groups in total. The van der Waals surface area contributed by atoms with Crippen molar-refractivity contribution in [3.8, 4) is 5.75 Å². The molecule has 2 heterocycles. The van der Waals surface area contributed by atoms with Crippen molar-refractivity contribution in [2.45, 2.75) is 36.6 Å². The topological polar surface area (TPSA) is 79.0 Å². The first-order chi connectivity index (χ1) is 12.4. The Kier molecular flexibility index (Phi) is 5.84. The lowest BCUT2D eigenvalue weighted by Gasteiger charge is -2.31. The Balaban J connectivity index is 1.90. The van der Waals surface area contributed by atoms with Crippen molar-refractivity contribution in [2.24, 2.45) is 0 Å². The van der Waals surface area contributed by atoms with Gasteiger partial charge in [0.15, 0.2) is 0 Å². The van der Waals surface area contributed by atoms with Crippen LogP contribution in [0.25, 0.3) is 0 Å². The summed E-state index contributed by atoms with van der Waals surface area (Å²) in [7, 11) is -0.426. The third-order valence-electron chi connectivity index (χ3n) is 5.27. The number of hydrogen-bond acceptors (Lipinski definition) is 5. The molecule has 2 aliphatic heterocycles. The summed E-state index contributed by atoms with van der Waals surface area (Å²) >= 11 is 0. The minimum atomic E-state index is -3.66. The van der Waals surface area contributed by atoms with E-state index in [2.05, 4.69) is 5.32 Å². The van der Waals surface area contributed by atoms with Crippen LogP contribution >= 0.6 is 0 Å². The smallest absolute Gasteiger partial charge is 0.253 e. The van der Waals surface area contributed by atoms with E-state index in [1.807, 2.05) is 0 Å². The van der Waals surface area contributed by atoms with Crippen molar-refractivity contribution < 1.29 is 17.9 Å². The molecule has 0 radical (unpaired) electrons. The number of amides is 1. The van der Waals surface area contributed by atoms with E-state index in [1.165, 1.54) is 17.5 Å². The average molecular weight is 381 g/mol. The average Bonchev–Trinajstić information content (AvgIpc) is 3.22. The van der Waals surface area contributed by atoms with Crippen molar-refractivity contribution in [1.29, 1.82) is 0 Å². The SMILES string of the molecule is COc1ccc(C(=O)N(C)C2CCNCC2)cc1S(=O)(=O)N1CCCC1. The van der Waals surface area contributed by atoms with Crippen LogP contribution in [0.5, 0.6) is 5.75 Å². The van der Waals surface area contributed by atoms with Crippen LogP contribution in [-0.2, 0) is 10.0 Å². The van der Waals surface area contributed by atoms with Crippen LogP contribution in [0.4, 0.5) is 0 Å². The highest BCUT2D eigenvalue weighted by Crippen LogP contribution is 2.30. The maximum Gasteiger partial charge on any atom is 0.253 e. The predicted octanol–water partition coefficient (Wildman–Crippen LogP) is 1.30. The zero-order valence-corrected chi connectivity index (χ0v) is 16.2. The molecule has 26 heavy (non-hydrogen) atoms. The molecule has 0 atom stereocenters. The van der Waals surface area contributed by atoms with Gasteiger partial charge in [-0.1, -0.05) is 0 Å². The summed E-state index contributed by atoms with van der Waals surface area (Å²) in [6, 6.07) is 4.85. The monoisotopic (exact) mass is 381 g/mol. The zero-order valence-electron chi connectivity index (χ0n) is 15.4. The van der Waals surface area contributed by atoms with Crippen LogP contribution < -0.4 is 10.1 Å². The number of nitrogens with one attached hydrogen (secondary N) is 1. The minimum Gasteiger partial charge on any atom is -0.495 e. The van der Waals surface area contributed by atoms with E-state index in [4.69, 9.17) is 4.74 Å². The zero-order chi connectivity index (χ0) is 18.7. The van der Waals surface area contributed by atoms with E-state index in [9.17, 15) is 13.2 Å². The van der Waals surface area contributed by atoms with Gasteiger partial charge in [-0.05, 0) is 57.0 Å². The van der Waals surface area contributed by atoms with Gasteiger partial charge in [0.2, 0.25) is 10.0 Å². The molecule has 1 aromatic rings. The van der Waals surface area contributed by atoms with E-state index >= 15 is 0 Å². The summed E-state index contributed by atoms with van der Waals surface area (Å²) in [5.74, 6) is 0.121. The van der Waals surface area contributed by atoms with Crippen molar-refractivity contribution in [3.05, 3.63) is 23.8 Å². The highest BCUT2D eigenvalue weighted by atomic mass is 32.2. The first-order valence-corrected chi connectivity index (χ1v) is 10.5. The fourth-order valence-electron chi connectivity index (χ4n) is 3.64. The maximum atomic E-state index is 13.0. The summed E-state index contributed by atoms with van der Waals surface area (Å²) < 4.78 is 32.7. The lowest BCUT2D eigenvalue weighted by molar-refractivity contribution is 0.0703. The molecule has 144 valence electrons. The van der Waals surface area contributed by atoms with Crippen LogP contribution in [0, 0.1) is 0 Å². The summed E-state index contributed by atoms with van der Waals surface area (Å²) in [6.07, 6.45) is 3.52. The normalized spacial score (nSPS) is 19.5. The van der Waals surface area contributed by atoms with E-state index < -0.39 is 10.0 Å². The Morgan fingerprint density at radius 2 is 1.88 bits per heavy atom. The summed E-state index contributed by atoms with van der Waals surface area (Å²) in [5, 5.41) is 3.28. The second-order valence-electron chi connectivity index (χ2n) is 6.87. The molecule has 8 heteroatoms. The number of carbonyl (C=O) groups is 1. The number of piperidine rings is 1. The predicted molar refractivity (Wildman–Crippen MR) is 99.0 cm³/mol. The van der Waals surface area contributed by atoms with Crippen molar-refractivity contribution >= 4 is 15.9 Å². The fraction of sp³-hybridized carbons (Fsp3) is 0.611. The van der Waals surface area contributed by atoms with Gasteiger partial charge in [-0.3, -0.25) is 4.79 Å². The molecule has 2 aliphatic rings. The van der Waals surface area contributed by atoms with Crippen molar-refractivity contribution in [1.82, 2.24) is 14.5 Å². The number of methoxy groups -OCH3 is 1. The summed E-state index contributed by atoms with van der Waals surface area (Å²) in [5.41, 5.74) is 0.379. The number of hydrogen-bond donors (Lipinski definition) is 1. The maximum absolute atomic E-state index is 13.0. The Morgan fingerprint density at radius 3 is 2.50 bits per heavy atom. The van der Waals surface area contributed by atoms with Crippen LogP contribution in [0.1, 0.15) is 36.0 Å². The van der Waals surface area contributed by atoms with Gasteiger partial charge < -0.3 is 15.0 Å². The molecular weight excluding hydrogens is 354 g/mol. The van der Waals surface area contributed by atoms with Gasteiger partial charge in [-0.25, -0.2) is 8.42 Å². The number of rotatable bonds is 5. The van der Waals surface area contributed by atoms with Crippen LogP contribution in [-0.4, -0.2) is 69.9 Å². The van der Waals surface area contributed by atoms with Crippen LogP contribution in [0.3, 0.4) is 0 Å². The Morgan fingerprint density at radius 1 is 1.23 bits per heavy atom. The van der Waals surface area contributed by atoms with E-state index in [0.717, 1.165) is 38.8 Å². The van der Waals surface area contributed by atoms with Gasteiger partial charge in [0.25, 0.3) is 5.91 Å². The molecule has 3 rings (SSSR count). The second kappa shape index (κ2) is 7.94. The third kappa shape index (κ3) is 3.72. The minimum absolute atomic E-state index is 0.0754. The fourth-order valence-corrected chi connectivity index (χ4v) is 5.34. The summed E-state index contributed by atoms with van der Waals surface area (Å²) in [6.45, 7) is 2.80. The highest BCUT2D eigenvalue weighted by Gasteiger charge is 2.31. The van der Waals surface area contributed by atoms with Gasteiger partial charge in [0.05, 0.1) is 7.11 Å². The van der Waals surface area contributed by atoms with Gasteiger partial charge in [-0.2, -0.15) is 4.31 Å². The molecule has 0 unspecified atom stereocenters. The lowest BCUT2D eigenvalue weighted by atomic mass is 10.0. The van der Waals surface area contributed by atoms with Crippen LogP contribution in [0.15, 0.2) is 23.1 Å². The van der Waals surface area contributed by atoms with Crippen molar-refractivity contribution in [2.75, 3.05) is 40.3 Å². The molecule has 2 saturated heterocycles. The Bertz CT molecular complexity index is 754. The van der Waals surface area contributed by atoms with Gasteiger partial charge in [0, 0.05) is 31.7 Å². The largest absolute Gasteiger partial charge is 0.495 e. The van der Waals surface area contributed by atoms with Crippen LogP contribution in [0.2, 0.25) is 0 Å². The molecule has 0 spiro atoms. The number of carbonyl (C=O) groups excluding carboxylic acids is 1. The first-order valence-electron chi connectivity index (χ1n) is 9.11. The number of benzene rings is 1. The number of ether oxygens (including phenoxy) is 1. The Labute approximate surface area is 155 Å². The first kappa shape index (κ1) is 19.1. The highest BCUT2D eigenvalue weighted by molar-refractivity contribution is 7.89. The molecule has 7 nitrogen and oxygen atoms in total. The molecule has 1 aromatic carbocycles. The van der Waals surface area contributed by atoms with E-state index in [1.54, 1.807) is 24.1 Å². The molecule has 1 amide bonds. The Hall–Kier alpha value is -1.64. The molecule has 0 bridgehead atoms. The quantitative estimate of drug-likeness (QED) is 0.832. The molecule has 0 aromatic heterocycles. The number of nitrogens with zero attached hydrogens (tertiary/aromatic N) is 2. The van der Waals surface area contributed by atoms with E-state index in [0.29, 0.717) is 18.7 Å². The standard InChI is InChI=1S/C18H27N3O4S/c1-20(15-7-9-19-10-8-15)18(22)14-5-6-16(25-2)17(13-14)26(23,24)21-11-3-4-12-21/h5-6,13,15,19H,3-4,7-12H2,1-2H3. The number of sulfonamides is 1. The lowest BCUT2D eigenvalue weighted by Crippen LogP contribution is -2.44.